The van der Waals surface area contributed by atoms with Gasteiger partial charge >= 0.3 is 6.09 Å². The number of alkyl carbamates (subject to hydrolysis) is 1. The topological polar surface area (TPSA) is 119 Å². The van der Waals surface area contributed by atoms with E-state index < -0.39 is 17.7 Å². The second-order valence-corrected chi connectivity index (χ2v) is 10.7. The Labute approximate surface area is 226 Å². The molecular formula is C28H42N6O4. The third-order valence-corrected chi connectivity index (χ3v) is 6.97. The number of nitrogens with zero attached hydrogens (tertiary/aromatic N) is 4. The van der Waals surface area contributed by atoms with Crippen molar-refractivity contribution in [1.29, 1.82) is 5.26 Å². The van der Waals surface area contributed by atoms with Crippen LogP contribution in [0.3, 0.4) is 0 Å². The number of carbonyl (C=O) groups is 2. The molecule has 2 aliphatic heterocycles. The van der Waals surface area contributed by atoms with Gasteiger partial charge in [0, 0.05) is 32.2 Å². The number of carbonyl (C=O) groups excluding carboxylic acids is 2. The van der Waals surface area contributed by atoms with E-state index in [4.69, 9.17) is 14.5 Å². The molecule has 10 nitrogen and oxygen atoms in total. The average molecular weight is 527 g/mol. The molecule has 0 aromatic heterocycles. The average Bonchev–Trinajstić information content (AvgIpc) is 2.92. The molecule has 2 heterocycles. The van der Waals surface area contributed by atoms with Crippen molar-refractivity contribution in [3.8, 4) is 6.07 Å². The molecule has 1 atom stereocenters. The molecule has 1 unspecified atom stereocenters. The van der Waals surface area contributed by atoms with E-state index in [1.165, 1.54) is 0 Å². The minimum absolute atomic E-state index is 0.122. The number of nitriles is 1. The fourth-order valence-electron chi connectivity index (χ4n) is 4.64. The fraction of sp³-hybridized carbons (Fsp3) is 0.643. The predicted molar refractivity (Wildman–Crippen MR) is 145 cm³/mol. The zero-order valence-electron chi connectivity index (χ0n) is 23.1. The quantitative estimate of drug-likeness (QED) is 0.395. The van der Waals surface area contributed by atoms with Gasteiger partial charge in [0.2, 0.25) is 11.9 Å². The molecule has 0 bridgehead atoms. The zero-order chi connectivity index (χ0) is 27.5. The van der Waals surface area contributed by atoms with Crippen molar-refractivity contribution in [2.45, 2.75) is 71.2 Å². The molecule has 2 fully saturated rings. The van der Waals surface area contributed by atoms with Crippen molar-refractivity contribution in [3.05, 3.63) is 35.9 Å². The van der Waals surface area contributed by atoms with Crippen LogP contribution in [0.15, 0.2) is 35.3 Å². The van der Waals surface area contributed by atoms with E-state index in [9.17, 15) is 14.9 Å². The van der Waals surface area contributed by atoms with Gasteiger partial charge in [-0.3, -0.25) is 10.1 Å². The molecule has 1 aromatic rings. The minimum Gasteiger partial charge on any atom is -0.444 e. The molecule has 2 saturated heterocycles. The summed E-state index contributed by atoms with van der Waals surface area (Å²) in [5, 5.41) is 15.8. The molecule has 2 aliphatic rings. The second-order valence-electron chi connectivity index (χ2n) is 10.7. The largest absolute Gasteiger partial charge is 0.444 e. The lowest BCUT2D eigenvalue weighted by molar-refractivity contribution is -0.124. The third-order valence-electron chi connectivity index (χ3n) is 6.97. The van der Waals surface area contributed by atoms with Crippen LogP contribution in [-0.2, 0) is 20.9 Å². The van der Waals surface area contributed by atoms with Gasteiger partial charge in [0.1, 0.15) is 18.2 Å². The molecule has 0 radical (unpaired) electrons. The number of aliphatic imine (C=N–C) groups is 1. The zero-order valence-corrected chi connectivity index (χ0v) is 23.1. The van der Waals surface area contributed by atoms with E-state index in [0.717, 1.165) is 18.7 Å². The highest BCUT2D eigenvalue weighted by Crippen LogP contribution is 2.24. The smallest absolute Gasteiger partial charge is 0.414 e. The highest BCUT2D eigenvalue weighted by atomic mass is 16.5. The standard InChI is InChI=1S/C28H42N6O4/c1-21(2)18-24(25(35)32-28(20-29)10-12-33(13-11-28)22(3)4)30-26(34-14-16-37-17-15-34)31-27(36)38-19-23-8-6-5-7-9-23/h5-9,21-22,24H,10-19H2,1-4H3,(H,32,35)(H,30,31,36). The number of nitrogens with one attached hydrogen (secondary N) is 2. The van der Waals surface area contributed by atoms with E-state index in [1.54, 1.807) is 0 Å². The Hall–Kier alpha value is -3.16. The molecule has 2 amide bonds. The van der Waals surface area contributed by atoms with E-state index >= 15 is 0 Å². The van der Waals surface area contributed by atoms with Gasteiger partial charge in [0.15, 0.2) is 0 Å². The predicted octanol–water partition coefficient (Wildman–Crippen LogP) is 2.90. The van der Waals surface area contributed by atoms with Crippen LogP contribution < -0.4 is 10.6 Å². The first-order valence-corrected chi connectivity index (χ1v) is 13.6. The van der Waals surface area contributed by atoms with Crippen LogP contribution in [0.1, 0.15) is 52.5 Å². The van der Waals surface area contributed by atoms with Crippen LogP contribution >= 0.6 is 0 Å². The Morgan fingerprint density at radius 3 is 2.34 bits per heavy atom. The van der Waals surface area contributed by atoms with Crippen LogP contribution in [0.4, 0.5) is 4.79 Å². The number of rotatable bonds is 8. The van der Waals surface area contributed by atoms with Crippen LogP contribution in [0.2, 0.25) is 0 Å². The second kappa shape index (κ2) is 14.1. The van der Waals surface area contributed by atoms with Gasteiger partial charge in [-0.05, 0) is 44.6 Å². The van der Waals surface area contributed by atoms with E-state index in [1.807, 2.05) is 49.1 Å². The first-order chi connectivity index (χ1) is 18.2. The van der Waals surface area contributed by atoms with Crippen LogP contribution in [0.25, 0.3) is 0 Å². The summed E-state index contributed by atoms with van der Waals surface area (Å²) >= 11 is 0. The first-order valence-electron chi connectivity index (χ1n) is 13.6. The van der Waals surface area contributed by atoms with E-state index in [0.29, 0.717) is 51.6 Å². The van der Waals surface area contributed by atoms with Gasteiger partial charge < -0.3 is 24.6 Å². The number of piperidine rings is 1. The highest BCUT2D eigenvalue weighted by Gasteiger charge is 2.38. The Kier molecular flexibility index (Phi) is 10.9. The molecular weight excluding hydrogens is 484 g/mol. The van der Waals surface area contributed by atoms with Gasteiger partial charge in [0.25, 0.3) is 0 Å². The lowest BCUT2D eigenvalue weighted by Crippen LogP contribution is -2.57. The van der Waals surface area contributed by atoms with Crippen molar-refractivity contribution in [1.82, 2.24) is 20.4 Å². The molecule has 1 aromatic carbocycles. The summed E-state index contributed by atoms with van der Waals surface area (Å²) in [5.74, 6) is 0.155. The van der Waals surface area contributed by atoms with Crippen molar-refractivity contribution in [3.63, 3.8) is 0 Å². The van der Waals surface area contributed by atoms with Gasteiger partial charge in [-0.25, -0.2) is 9.79 Å². The maximum atomic E-state index is 13.6. The Balaban J connectivity index is 1.76. The number of benzene rings is 1. The molecule has 10 heteroatoms. The number of ether oxygens (including phenoxy) is 2. The SMILES string of the molecule is CC(C)CC(N=C(NC(=O)OCc1ccccc1)N1CCOCC1)C(=O)NC1(C#N)CCN(C(C)C)CC1. The van der Waals surface area contributed by atoms with Crippen molar-refractivity contribution in [2.75, 3.05) is 39.4 Å². The fourth-order valence-corrected chi connectivity index (χ4v) is 4.64. The molecule has 0 aliphatic carbocycles. The van der Waals surface area contributed by atoms with Gasteiger partial charge in [-0.15, -0.1) is 0 Å². The van der Waals surface area contributed by atoms with Crippen LogP contribution in [0, 0.1) is 17.2 Å². The molecule has 3 rings (SSSR count). The van der Waals surface area contributed by atoms with E-state index in [2.05, 4.69) is 35.5 Å². The van der Waals surface area contributed by atoms with Crippen molar-refractivity contribution in [2.24, 2.45) is 10.9 Å². The maximum absolute atomic E-state index is 13.6. The first kappa shape index (κ1) is 29.4. The number of likely N-dealkylation sites (tertiary alicyclic amines) is 1. The number of hydrogen-bond donors (Lipinski definition) is 2. The summed E-state index contributed by atoms with van der Waals surface area (Å²) in [6, 6.07) is 11.4. The third kappa shape index (κ3) is 8.71. The molecule has 2 N–H and O–H groups in total. The summed E-state index contributed by atoms with van der Waals surface area (Å²) in [6.45, 7) is 12.0. The monoisotopic (exact) mass is 526 g/mol. The van der Waals surface area contributed by atoms with Crippen molar-refractivity contribution < 1.29 is 19.1 Å². The van der Waals surface area contributed by atoms with Crippen LogP contribution in [-0.4, -0.2) is 84.8 Å². The minimum atomic E-state index is -0.922. The summed E-state index contributed by atoms with van der Waals surface area (Å²) in [4.78, 5) is 35.3. The lowest BCUT2D eigenvalue weighted by atomic mass is 9.87. The number of guanidine groups is 1. The van der Waals surface area contributed by atoms with Gasteiger partial charge in [-0.2, -0.15) is 5.26 Å². The Bertz CT molecular complexity index is 977. The summed E-state index contributed by atoms with van der Waals surface area (Å²) in [6.07, 6.45) is 0.954. The highest BCUT2D eigenvalue weighted by molar-refractivity contribution is 5.96. The Morgan fingerprint density at radius 1 is 1.11 bits per heavy atom. The summed E-state index contributed by atoms with van der Waals surface area (Å²) in [5.41, 5.74) is -0.0520. The number of amides is 2. The maximum Gasteiger partial charge on any atom is 0.414 e. The van der Waals surface area contributed by atoms with E-state index in [-0.39, 0.29) is 24.4 Å². The molecule has 38 heavy (non-hydrogen) atoms. The molecule has 0 saturated carbocycles. The number of hydrogen-bond acceptors (Lipinski definition) is 7. The molecule has 0 spiro atoms. The Morgan fingerprint density at radius 2 is 1.76 bits per heavy atom. The lowest BCUT2D eigenvalue weighted by Gasteiger charge is -2.40. The molecule has 208 valence electrons. The van der Waals surface area contributed by atoms with Crippen molar-refractivity contribution >= 4 is 18.0 Å². The normalized spacial score (nSPS) is 19.1. The summed E-state index contributed by atoms with van der Waals surface area (Å²) < 4.78 is 10.9. The van der Waals surface area contributed by atoms with Gasteiger partial charge in [-0.1, -0.05) is 44.2 Å². The summed E-state index contributed by atoms with van der Waals surface area (Å²) in [7, 11) is 0. The van der Waals surface area contributed by atoms with Crippen LogP contribution in [0.5, 0.6) is 0 Å². The number of morpholine rings is 1. The van der Waals surface area contributed by atoms with Gasteiger partial charge in [0.05, 0.1) is 19.3 Å².